The number of hydrogen-bond donors (Lipinski definition) is 2. The molecule has 384 valence electrons. The standard InChI is InChI=1S/C66H63N9O2/c1-70-37-39-72(40-38-70)57-31-29-48(30-32-57)44-67-64(76)53-21-14-23-55(43-53)66-74(46-50-17-6-3-7-18-50)61-27-10-11-28-62(61)75(66)58-24-12-19-51(41-58)47-73-60-26-9-8-25-59(60)69-63(73)52-20-13-22-54(42-52)65(77)68-56-33-35-71(36-34-56)45-49-15-4-2-5-16-49/h2-32,41-43,56H,33-40,44-47H2,1H3,(H-,67,68,76,77)/p+1. The molecule has 10 aromatic rings. The number of rotatable bonds is 15. The summed E-state index contributed by atoms with van der Waals surface area (Å²) >= 11 is 0. The summed E-state index contributed by atoms with van der Waals surface area (Å²) in [6, 6.07) is 71.3. The van der Waals surface area contributed by atoms with Crippen LogP contribution in [0.1, 0.15) is 55.8 Å². The lowest BCUT2D eigenvalue weighted by molar-refractivity contribution is -0.651. The maximum Gasteiger partial charge on any atom is 0.295 e. The fourth-order valence-electron chi connectivity index (χ4n) is 11.3. The fraction of sp³-hybridized carbons (Fsp3) is 0.212. The van der Waals surface area contributed by atoms with Crippen LogP contribution in [0.4, 0.5) is 5.69 Å². The van der Waals surface area contributed by atoms with Gasteiger partial charge >= 0.3 is 0 Å². The van der Waals surface area contributed by atoms with Crippen LogP contribution in [0, 0.1) is 0 Å². The van der Waals surface area contributed by atoms with Crippen LogP contribution in [0.5, 0.6) is 0 Å². The second-order valence-corrected chi connectivity index (χ2v) is 20.7. The number of hydrogen-bond acceptors (Lipinski definition) is 6. The van der Waals surface area contributed by atoms with Gasteiger partial charge in [-0.25, -0.2) is 9.55 Å². The molecule has 0 spiro atoms. The van der Waals surface area contributed by atoms with Crippen LogP contribution in [0.2, 0.25) is 0 Å². The molecule has 0 atom stereocenters. The number of fused-ring (bicyclic) bond motifs is 2. The number of likely N-dealkylation sites (N-methyl/N-ethyl adjacent to an activating group) is 1. The Hall–Kier alpha value is -8.64. The monoisotopic (exact) mass is 1010 g/mol. The maximum atomic E-state index is 14.1. The molecule has 77 heavy (non-hydrogen) atoms. The molecular weight excluding hydrogens is 951 g/mol. The van der Waals surface area contributed by atoms with E-state index in [0.717, 1.165) is 120 Å². The Morgan fingerprint density at radius 2 is 1.18 bits per heavy atom. The first-order chi connectivity index (χ1) is 37.9. The zero-order valence-corrected chi connectivity index (χ0v) is 43.6. The van der Waals surface area contributed by atoms with Gasteiger partial charge in [0, 0.05) is 87.3 Å². The summed E-state index contributed by atoms with van der Waals surface area (Å²) in [6.45, 7) is 8.54. The zero-order chi connectivity index (χ0) is 52.1. The van der Waals surface area contributed by atoms with Gasteiger partial charge in [-0.15, -0.1) is 0 Å². The Morgan fingerprint density at radius 1 is 0.545 bits per heavy atom. The number of carbonyl (C=O) groups excluding carboxylic acids is 2. The Labute approximate surface area is 450 Å². The molecule has 2 aliphatic rings. The van der Waals surface area contributed by atoms with Crippen molar-refractivity contribution in [3.05, 3.63) is 240 Å². The summed E-state index contributed by atoms with van der Waals surface area (Å²) in [6.07, 6.45) is 1.83. The summed E-state index contributed by atoms with van der Waals surface area (Å²) in [5, 5.41) is 6.57. The van der Waals surface area contributed by atoms with E-state index in [2.05, 4.69) is 210 Å². The van der Waals surface area contributed by atoms with Crippen molar-refractivity contribution in [2.24, 2.45) is 0 Å². The summed E-state index contributed by atoms with van der Waals surface area (Å²) < 4.78 is 6.97. The molecule has 2 aromatic heterocycles. The van der Waals surface area contributed by atoms with Gasteiger partial charge in [0.15, 0.2) is 11.0 Å². The van der Waals surface area contributed by atoms with Gasteiger partial charge in [-0.3, -0.25) is 14.5 Å². The van der Waals surface area contributed by atoms with E-state index in [4.69, 9.17) is 4.98 Å². The third kappa shape index (κ3) is 10.9. The normalized spacial score (nSPS) is 14.5. The number of aromatic nitrogens is 4. The number of carbonyl (C=O) groups is 2. The minimum absolute atomic E-state index is 0.0587. The van der Waals surface area contributed by atoms with Gasteiger partial charge in [0.2, 0.25) is 0 Å². The van der Waals surface area contributed by atoms with E-state index in [0.29, 0.717) is 30.8 Å². The van der Waals surface area contributed by atoms with Crippen molar-refractivity contribution in [1.82, 2.24) is 34.6 Å². The highest BCUT2D eigenvalue weighted by molar-refractivity contribution is 5.96. The number of nitrogens with one attached hydrogen (secondary N) is 2. The van der Waals surface area contributed by atoms with E-state index in [-0.39, 0.29) is 17.9 Å². The van der Waals surface area contributed by atoms with E-state index in [9.17, 15) is 9.59 Å². The number of likely N-dealkylation sites (tertiary alicyclic amines) is 1. The fourth-order valence-corrected chi connectivity index (χ4v) is 11.3. The van der Waals surface area contributed by atoms with Crippen LogP contribution in [0.3, 0.4) is 0 Å². The van der Waals surface area contributed by atoms with Crippen molar-refractivity contribution >= 4 is 39.6 Å². The average Bonchev–Trinajstić information content (AvgIpc) is 4.06. The lowest BCUT2D eigenvalue weighted by atomic mass is 10.0. The van der Waals surface area contributed by atoms with Crippen molar-refractivity contribution in [1.29, 1.82) is 0 Å². The number of benzene rings is 8. The van der Waals surface area contributed by atoms with Crippen molar-refractivity contribution in [3.8, 4) is 28.5 Å². The molecule has 2 aliphatic heterocycles. The van der Waals surface area contributed by atoms with Gasteiger partial charge in [0.1, 0.15) is 18.1 Å². The second kappa shape index (κ2) is 22.3. The Kier molecular flexibility index (Phi) is 14.3. The number of piperazine rings is 1. The van der Waals surface area contributed by atoms with Crippen molar-refractivity contribution < 1.29 is 14.2 Å². The molecule has 11 nitrogen and oxygen atoms in total. The van der Waals surface area contributed by atoms with Gasteiger partial charge in [0.25, 0.3) is 17.6 Å². The molecule has 2 N–H and O–H groups in total. The molecule has 0 unspecified atom stereocenters. The van der Waals surface area contributed by atoms with E-state index >= 15 is 0 Å². The van der Waals surface area contributed by atoms with Crippen LogP contribution in [-0.2, 0) is 26.2 Å². The molecule has 4 heterocycles. The minimum atomic E-state index is -0.126. The summed E-state index contributed by atoms with van der Waals surface area (Å²) in [5.74, 6) is 1.57. The van der Waals surface area contributed by atoms with Crippen molar-refractivity contribution in [3.63, 3.8) is 0 Å². The smallest absolute Gasteiger partial charge is 0.295 e. The molecule has 0 radical (unpaired) electrons. The zero-order valence-electron chi connectivity index (χ0n) is 43.6. The maximum absolute atomic E-state index is 14.1. The van der Waals surface area contributed by atoms with Crippen molar-refractivity contribution in [2.45, 2.75) is 45.1 Å². The van der Waals surface area contributed by atoms with Crippen LogP contribution >= 0.6 is 0 Å². The van der Waals surface area contributed by atoms with Crippen molar-refractivity contribution in [2.75, 3.05) is 51.2 Å². The largest absolute Gasteiger partial charge is 0.369 e. The second-order valence-electron chi connectivity index (χ2n) is 20.7. The van der Waals surface area contributed by atoms with E-state index in [1.54, 1.807) is 0 Å². The first-order valence-corrected chi connectivity index (χ1v) is 27.1. The molecule has 2 amide bonds. The van der Waals surface area contributed by atoms with Gasteiger partial charge < -0.3 is 25.0 Å². The predicted molar refractivity (Wildman–Crippen MR) is 308 cm³/mol. The number of anilines is 1. The van der Waals surface area contributed by atoms with Crippen LogP contribution in [0.25, 0.3) is 50.5 Å². The highest BCUT2D eigenvalue weighted by Gasteiger charge is 2.30. The van der Waals surface area contributed by atoms with E-state index < -0.39 is 0 Å². The molecule has 12 rings (SSSR count). The molecule has 11 heteroatoms. The molecule has 0 aliphatic carbocycles. The van der Waals surface area contributed by atoms with Crippen LogP contribution in [0.15, 0.2) is 206 Å². The van der Waals surface area contributed by atoms with Gasteiger partial charge in [-0.05, 0) is 121 Å². The molecule has 2 saturated heterocycles. The highest BCUT2D eigenvalue weighted by Crippen LogP contribution is 2.32. The first kappa shape index (κ1) is 49.2. The number of para-hydroxylation sites is 4. The summed E-state index contributed by atoms with van der Waals surface area (Å²) in [4.78, 5) is 40.5. The van der Waals surface area contributed by atoms with Gasteiger partial charge in [0.05, 0.1) is 16.6 Å². The predicted octanol–water partition coefficient (Wildman–Crippen LogP) is 10.8. The van der Waals surface area contributed by atoms with E-state index in [1.807, 2.05) is 42.5 Å². The topological polar surface area (TPSA) is 94.5 Å². The first-order valence-electron chi connectivity index (χ1n) is 27.1. The number of amides is 2. The molecular formula is C66H64N9O2+. The summed E-state index contributed by atoms with van der Waals surface area (Å²) in [7, 11) is 2.17. The average molecular weight is 1020 g/mol. The Balaban J connectivity index is 0.835. The highest BCUT2D eigenvalue weighted by atomic mass is 16.2. The quantitative estimate of drug-likeness (QED) is 0.0994. The molecule has 8 aromatic carbocycles. The molecule has 2 fully saturated rings. The Bertz CT molecular complexity index is 3680. The third-order valence-electron chi connectivity index (χ3n) is 15.4. The minimum Gasteiger partial charge on any atom is -0.369 e. The lowest BCUT2D eigenvalue weighted by Crippen LogP contribution is -2.44. The van der Waals surface area contributed by atoms with Crippen LogP contribution in [-0.4, -0.2) is 88.1 Å². The summed E-state index contributed by atoms with van der Waals surface area (Å²) in [5.41, 5.74) is 13.9. The lowest BCUT2D eigenvalue weighted by Gasteiger charge is -2.34. The molecule has 0 saturated carbocycles. The SMILES string of the molecule is CN1CCN(c2ccc(CNC(=O)c3cccc(-c4n(-c5cccc(Cn6c(-c7cccc(C(=O)NC8CCN(Cc9ccccc9)CC8)c7)nc7ccccc76)c5)c5ccccc5[n+]4Cc4ccccc4)c3)cc2)CC1. The third-order valence-corrected chi connectivity index (χ3v) is 15.4. The number of nitrogens with zero attached hydrogens (tertiary/aromatic N) is 7. The van der Waals surface area contributed by atoms with E-state index in [1.165, 1.54) is 16.8 Å². The van der Waals surface area contributed by atoms with Crippen LogP contribution < -0.4 is 20.1 Å². The number of imidazole rings is 2. The van der Waals surface area contributed by atoms with Gasteiger partial charge in [-0.1, -0.05) is 127 Å². The van der Waals surface area contributed by atoms with Gasteiger partial charge in [-0.2, -0.15) is 4.57 Å². The Morgan fingerprint density at radius 3 is 1.95 bits per heavy atom. The number of piperidine rings is 1. The molecule has 0 bridgehead atoms.